The van der Waals surface area contributed by atoms with E-state index in [2.05, 4.69) is 15.3 Å². The number of rotatable bonds is 4. The molecule has 1 amide bonds. The Morgan fingerprint density at radius 1 is 1.10 bits per heavy atom. The molecule has 3 heterocycles. The van der Waals surface area contributed by atoms with Gasteiger partial charge in [-0.05, 0) is 30.3 Å². The van der Waals surface area contributed by atoms with Crippen molar-refractivity contribution in [3.05, 3.63) is 72.4 Å². The van der Waals surface area contributed by atoms with Crippen molar-refractivity contribution in [1.82, 2.24) is 15.3 Å². The van der Waals surface area contributed by atoms with Gasteiger partial charge in [0.1, 0.15) is 5.69 Å². The lowest BCUT2D eigenvalue weighted by Crippen LogP contribution is -2.23. The minimum Gasteiger partial charge on any atom is -0.463 e. The van der Waals surface area contributed by atoms with Crippen LogP contribution in [-0.2, 0) is 6.54 Å². The minimum absolute atomic E-state index is 0.147. The number of pyridine rings is 2. The summed E-state index contributed by atoms with van der Waals surface area (Å²) in [4.78, 5) is 20.2. The number of aromatic nitrogens is 2. The average molecular weight is 279 g/mol. The lowest BCUT2D eigenvalue weighted by molar-refractivity contribution is 0.0951. The molecule has 0 radical (unpaired) electrons. The van der Waals surface area contributed by atoms with E-state index in [1.54, 1.807) is 37.0 Å². The molecule has 0 bridgehead atoms. The lowest BCUT2D eigenvalue weighted by atomic mass is 10.1. The van der Waals surface area contributed by atoms with Crippen molar-refractivity contribution in [2.45, 2.75) is 6.54 Å². The van der Waals surface area contributed by atoms with Gasteiger partial charge >= 0.3 is 0 Å². The molecule has 104 valence electrons. The van der Waals surface area contributed by atoms with Crippen LogP contribution in [0.15, 0.2) is 65.7 Å². The summed E-state index contributed by atoms with van der Waals surface area (Å²) in [5.41, 5.74) is 2.21. The number of carbonyl (C=O) groups is 1. The van der Waals surface area contributed by atoms with E-state index < -0.39 is 0 Å². The van der Waals surface area contributed by atoms with Crippen molar-refractivity contribution < 1.29 is 9.21 Å². The fourth-order valence-corrected chi connectivity index (χ4v) is 2.00. The summed E-state index contributed by atoms with van der Waals surface area (Å²) in [7, 11) is 0. The molecule has 3 rings (SSSR count). The quantitative estimate of drug-likeness (QED) is 0.797. The lowest BCUT2D eigenvalue weighted by Gasteiger charge is -2.08. The highest BCUT2D eigenvalue weighted by atomic mass is 16.3. The number of nitrogens with zero attached hydrogens (tertiary/aromatic N) is 2. The van der Waals surface area contributed by atoms with E-state index in [0.29, 0.717) is 17.9 Å². The summed E-state index contributed by atoms with van der Waals surface area (Å²) in [6.07, 6.45) is 6.48. The van der Waals surface area contributed by atoms with Gasteiger partial charge in [-0.2, -0.15) is 0 Å². The standard InChI is InChI=1S/C16H13N3O2/c20-16(12-5-8-17-9-6-12)19-11-13-3-1-7-18-15(13)14-4-2-10-21-14/h1-10H,11H2,(H,19,20). The van der Waals surface area contributed by atoms with E-state index >= 15 is 0 Å². The molecule has 0 aliphatic rings. The zero-order chi connectivity index (χ0) is 14.5. The van der Waals surface area contributed by atoms with E-state index in [1.165, 1.54) is 0 Å². The van der Waals surface area contributed by atoms with Crippen LogP contribution in [0.25, 0.3) is 11.5 Å². The van der Waals surface area contributed by atoms with E-state index in [4.69, 9.17) is 4.42 Å². The molecule has 0 saturated carbocycles. The molecule has 0 aromatic carbocycles. The van der Waals surface area contributed by atoms with Crippen LogP contribution in [0.2, 0.25) is 0 Å². The smallest absolute Gasteiger partial charge is 0.251 e. The summed E-state index contributed by atoms with van der Waals surface area (Å²) < 4.78 is 5.37. The highest BCUT2D eigenvalue weighted by Crippen LogP contribution is 2.21. The summed E-state index contributed by atoms with van der Waals surface area (Å²) in [6.45, 7) is 0.380. The van der Waals surface area contributed by atoms with Gasteiger partial charge < -0.3 is 9.73 Å². The Bertz CT molecular complexity index is 724. The van der Waals surface area contributed by atoms with Gasteiger partial charge in [0, 0.05) is 36.3 Å². The van der Waals surface area contributed by atoms with Crippen LogP contribution in [0, 0.1) is 0 Å². The molecule has 3 aromatic heterocycles. The molecule has 0 atom stereocenters. The Hall–Kier alpha value is -2.95. The van der Waals surface area contributed by atoms with Crippen LogP contribution >= 0.6 is 0 Å². The van der Waals surface area contributed by atoms with Crippen molar-refractivity contribution in [3.63, 3.8) is 0 Å². The molecule has 5 heteroatoms. The highest BCUT2D eigenvalue weighted by Gasteiger charge is 2.10. The second kappa shape index (κ2) is 6.00. The second-order valence-electron chi connectivity index (χ2n) is 4.41. The number of nitrogens with one attached hydrogen (secondary N) is 1. The molecule has 5 nitrogen and oxygen atoms in total. The van der Waals surface area contributed by atoms with E-state index in [1.807, 2.05) is 24.3 Å². The summed E-state index contributed by atoms with van der Waals surface area (Å²) >= 11 is 0. The fourth-order valence-electron chi connectivity index (χ4n) is 2.00. The van der Waals surface area contributed by atoms with Crippen molar-refractivity contribution in [2.24, 2.45) is 0 Å². The number of furan rings is 1. The van der Waals surface area contributed by atoms with Gasteiger partial charge in [-0.25, -0.2) is 0 Å². The van der Waals surface area contributed by atoms with E-state index in [9.17, 15) is 4.79 Å². The zero-order valence-electron chi connectivity index (χ0n) is 11.2. The molecule has 0 aliphatic carbocycles. The Morgan fingerprint density at radius 2 is 1.95 bits per heavy atom. The van der Waals surface area contributed by atoms with Crippen LogP contribution in [0.4, 0.5) is 0 Å². The van der Waals surface area contributed by atoms with Crippen molar-refractivity contribution in [1.29, 1.82) is 0 Å². The molecule has 0 aliphatic heterocycles. The van der Waals surface area contributed by atoms with Crippen molar-refractivity contribution >= 4 is 5.91 Å². The first-order chi connectivity index (χ1) is 10.3. The third-order valence-corrected chi connectivity index (χ3v) is 3.03. The normalized spacial score (nSPS) is 10.3. The zero-order valence-corrected chi connectivity index (χ0v) is 11.2. The molecular formula is C16H13N3O2. The van der Waals surface area contributed by atoms with Crippen LogP contribution in [0.1, 0.15) is 15.9 Å². The van der Waals surface area contributed by atoms with Crippen LogP contribution < -0.4 is 5.32 Å². The number of amides is 1. The Kier molecular flexibility index (Phi) is 3.73. The maximum atomic E-state index is 12.0. The Labute approximate surface area is 121 Å². The Morgan fingerprint density at radius 3 is 2.71 bits per heavy atom. The SMILES string of the molecule is O=C(NCc1cccnc1-c1ccco1)c1ccncc1. The maximum absolute atomic E-state index is 12.0. The molecule has 1 N–H and O–H groups in total. The third kappa shape index (κ3) is 2.97. The van der Waals surface area contributed by atoms with E-state index in [0.717, 1.165) is 11.3 Å². The van der Waals surface area contributed by atoms with Crippen LogP contribution in [-0.4, -0.2) is 15.9 Å². The van der Waals surface area contributed by atoms with Gasteiger partial charge in [0.25, 0.3) is 5.91 Å². The minimum atomic E-state index is -0.147. The highest BCUT2D eigenvalue weighted by molar-refractivity contribution is 5.94. The van der Waals surface area contributed by atoms with Crippen molar-refractivity contribution in [3.8, 4) is 11.5 Å². The largest absolute Gasteiger partial charge is 0.463 e. The maximum Gasteiger partial charge on any atom is 0.251 e. The fraction of sp³-hybridized carbons (Fsp3) is 0.0625. The van der Waals surface area contributed by atoms with Crippen molar-refractivity contribution in [2.75, 3.05) is 0 Å². The summed E-state index contributed by atoms with van der Waals surface area (Å²) in [6, 6.07) is 10.7. The first-order valence-electron chi connectivity index (χ1n) is 6.50. The van der Waals surface area contributed by atoms with Gasteiger partial charge in [0.2, 0.25) is 0 Å². The topological polar surface area (TPSA) is 68.0 Å². The molecule has 0 unspecified atom stereocenters. The van der Waals surface area contributed by atoms with Crippen LogP contribution in [0.3, 0.4) is 0 Å². The molecule has 3 aromatic rings. The van der Waals surface area contributed by atoms with Gasteiger partial charge in [-0.15, -0.1) is 0 Å². The third-order valence-electron chi connectivity index (χ3n) is 3.03. The van der Waals surface area contributed by atoms with Gasteiger partial charge in [-0.3, -0.25) is 14.8 Å². The monoisotopic (exact) mass is 279 g/mol. The Balaban J connectivity index is 1.76. The molecular weight excluding hydrogens is 266 g/mol. The molecule has 0 spiro atoms. The predicted molar refractivity (Wildman–Crippen MR) is 77.3 cm³/mol. The van der Waals surface area contributed by atoms with Gasteiger partial charge in [-0.1, -0.05) is 6.07 Å². The molecule has 0 saturated heterocycles. The number of carbonyl (C=O) groups excluding carboxylic acids is 1. The first kappa shape index (κ1) is 13.1. The molecule has 0 fully saturated rings. The van der Waals surface area contributed by atoms with Gasteiger partial charge in [0.15, 0.2) is 5.76 Å². The van der Waals surface area contributed by atoms with Crippen LogP contribution in [0.5, 0.6) is 0 Å². The summed E-state index contributed by atoms with van der Waals surface area (Å²) in [5.74, 6) is 0.537. The first-order valence-corrected chi connectivity index (χ1v) is 6.50. The average Bonchev–Trinajstić information content (AvgIpc) is 3.08. The number of hydrogen-bond donors (Lipinski definition) is 1. The van der Waals surface area contributed by atoms with E-state index in [-0.39, 0.29) is 5.91 Å². The number of hydrogen-bond acceptors (Lipinski definition) is 4. The summed E-state index contributed by atoms with van der Waals surface area (Å²) in [5, 5.41) is 2.87. The van der Waals surface area contributed by atoms with Gasteiger partial charge in [0.05, 0.1) is 6.26 Å². The second-order valence-corrected chi connectivity index (χ2v) is 4.41. The predicted octanol–water partition coefficient (Wildman–Crippen LogP) is 2.67. The molecule has 21 heavy (non-hydrogen) atoms.